The van der Waals surface area contributed by atoms with Gasteiger partial charge < -0.3 is 29.0 Å². The number of ether oxygens (including phenoxy) is 5. The lowest BCUT2D eigenvalue weighted by atomic mass is 10.2. The van der Waals surface area contributed by atoms with Crippen LogP contribution >= 0.6 is 0 Å². The summed E-state index contributed by atoms with van der Waals surface area (Å²) in [5.74, 6) is 1.07. The molecule has 2 aromatic rings. The first-order valence-electron chi connectivity index (χ1n) is 8.85. The van der Waals surface area contributed by atoms with Crippen LogP contribution < -0.4 is 24.3 Å². The van der Waals surface area contributed by atoms with Crippen molar-refractivity contribution < 1.29 is 33.3 Å². The Morgan fingerprint density at radius 3 is 2.10 bits per heavy atom. The van der Waals surface area contributed by atoms with Crippen molar-refractivity contribution in [1.29, 1.82) is 0 Å². The van der Waals surface area contributed by atoms with Crippen molar-refractivity contribution in [3.63, 3.8) is 0 Å². The fourth-order valence-corrected chi connectivity index (χ4v) is 2.58. The predicted molar refractivity (Wildman–Crippen MR) is 106 cm³/mol. The van der Waals surface area contributed by atoms with E-state index in [2.05, 4.69) is 10.1 Å². The molecule has 2 aromatic carbocycles. The van der Waals surface area contributed by atoms with Crippen molar-refractivity contribution in [1.82, 2.24) is 5.32 Å². The first-order chi connectivity index (χ1) is 13.9. The average Bonchev–Trinajstić information content (AvgIpc) is 2.76. The number of nitrogens with one attached hydrogen (secondary N) is 1. The summed E-state index contributed by atoms with van der Waals surface area (Å²) in [5, 5.41) is 2.81. The highest BCUT2D eigenvalue weighted by Gasteiger charge is 2.18. The number of hydrogen-bond acceptors (Lipinski definition) is 7. The molecule has 156 valence electrons. The van der Waals surface area contributed by atoms with Gasteiger partial charge in [-0.1, -0.05) is 6.07 Å². The number of esters is 1. The molecule has 29 heavy (non-hydrogen) atoms. The van der Waals surface area contributed by atoms with Crippen LogP contribution in [0.4, 0.5) is 0 Å². The summed E-state index contributed by atoms with van der Waals surface area (Å²) >= 11 is 0. The maximum atomic E-state index is 12.4. The number of carbonyl (C=O) groups excluding carboxylic acids is 2. The van der Waals surface area contributed by atoms with Gasteiger partial charge in [0, 0.05) is 6.54 Å². The molecule has 0 bridgehead atoms. The van der Waals surface area contributed by atoms with E-state index in [9.17, 15) is 9.59 Å². The molecule has 0 radical (unpaired) electrons. The van der Waals surface area contributed by atoms with E-state index in [1.54, 1.807) is 39.3 Å². The van der Waals surface area contributed by atoms with Gasteiger partial charge >= 0.3 is 5.97 Å². The standard InChI is InChI=1S/C21H25NO7/c1-13(29-17-9-7-15(21(24)28-5)11-19(17)27-4)20(23)22-12-14-6-8-16(25-2)18(10-14)26-3/h6-11,13H,12H2,1-5H3,(H,22,23). The molecule has 1 atom stereocenters. The number of rotatable bonds is 9. The Labute approximate surface area is 169 Å². The largest absolute Gasteiger partial charge is 0.493 e. The van der Waals surface area contributed by atoms with Crippen molar-refractivity contribution in [3.8, 4) is 23.0 Å². The van der Waals surface area contributed by atoms with Gasteiger partial charge in [0.15, 0.2) is 29.1 Å². The molecule has 0 aliphatic carbocycles. The minimum atomic E-state index is -0.784. The molecule has 8 nitrogen and oxygen atoms in total. The van der Waals surface area contributed by atoms with Crippen LogP contribution in [-0.2, 0) is 16.1 Å². The summed E-state index contributed by atoms with van der Waals surface area (Å²) in [6.07, 6.45) is -0.784. The van der Waals surface area contributed by atoms with Crippen molar-refractivity contribution in [2.24, 2.45) is 0 Å². The zero-order valence-electron chi connectivity index (χ0n) is 17.1. The molecule has 0 aromatic heterocycles. The monoisotopic (exact) mass is 403 g/mol. The number of hydrogen-bond donors (Lipinski definition) is 1. The maximum Gasteiger partial charge on any atom is 0.337 e. The lowest BCUT2D eigenvalue weighted by molar-refractivity contribution is -0.127. The molecule has 0 aliphatic rings. The van der Waals surface area contributed by atoms with Gasteiger partial charge in [-0.25, -0.2) is 4.79 Å². The highest BCUT2D eigenvalue weighted by atomic mass is 16.5. The molecule has 0 saturated heterocycles. The normalized spacial score (nSPS) is 11.2. The predicted octanol–water partition coefficient (Wildman–Crippen LogP) is 2.58. The zero-order valence-corrected chi connectivity index (χ0v) is 17.1. The lowest BCUT2D eigenvalue weighted by Gasteiger charge is -2.17. The van der Waals surface area contributed by atoms with Crippen molar-refractivity contribution in [2.45, 2.75) is 19.6 Å². The Kier molecular flexibility index (Phi) is 7.70. The van der Waals surface area contributed by atoms with Gasteiger partial charge in [0.1, 0.15) is 0 Å². The van der Waals surface area contributed by atoms with E-state index >= 15 is 0 Å². The first kappa shape index (κ1) is 21.9. The van der Waals surface area contributed by atoms with Gasteiger partial charge in [-0.3, -0.25) is 4.79 Å². The molecule has 0 spiro atoms. The van der Waals surface area contributed by atoms with Crippen LogP contribution in [0.5, 0.6) is 23.0 Å². The van der Waals surface area contributed by atoms with Crippen LogP contribution in [-0.4, -0.2) is 46.4 Å². The SMILES string of the molecule is COC(=O)c1ccc(OC(C)C(=O)NCc2ccc(OC)c(OC)c2)c(OC)c1. The number of methoxy groups -OCH3 is 4. The maximum absolute atomic E-state index is 12.4. The van der Waals surface area contributed by atoms with Gasteiger partial charge in [0.2, 0.25) is 0 Å². The third-order valence-corrected chi connectivity index (χ3v) is 4.17. The minimum absolute atomic E-state index is 0.297. The number of benzene rings is 2. The molecule has 1 unspecified atom stereocenters. The lowest BCUT2D eigenvalue weighted by Crippen LogP contribution is -2.36. The number of carbonyl (C=O) groups is 2. The molecule has 8 heteroatoms. The van der Waals surface area contributed by atoms with Crippen LogP contribution in [0.15, 0.2) is 36.4 Å². The molecule has 0 heterocycles. The molecule has 1 N–H and O–H groups in total. The van der Waals surface area contributed by atoms with Gasteiger partial charge in [-0.05, 0) is 42.8 Å². The Balaban J connectivity index is 2.01. The number of amides is 1. The van der Waals surface area contributed by atoms with Gasteiger partial charge in [-0.15, -0.1) is 0 Å². The van der Waals surface area contributed by atoms with E-state index in [4.69, 9.17) is 18.9 Å². The molecular weight excluding hydrogens is 378 g/mol. The Hall–Kier alpha value is -3.42. The van der Waals surface area contributed by atoms with Crippen molar-refractivity contribution >= 4 is 11.9 Å². The van der Waals surface area contributed by atoms with E-state index in [0.29, 0.717) is 35.1 Å². The summed E-state index contributed by atoms with van der Waals surface area (Å²) in [6, 6.07) is 9.99. The fourth-order valence-electron chi connectivity index (χ4n) is 2.58. The Morgan fingerprint density at radius 1 is 0.862 bits per heavy atom. The molecule has 2 rings (SSSR count). The molecule has 0 saturated carbocycles. The van der Waals surface area contributed by atoms with Crippen molar-refractivity contribution in [2.75, 3.05) is 28.4 Å². The molecule has 0 fully saturated rings. The summed E-state index contributed by atoms with van der Waals surface area (Å²) in [4.78, 5) is 24.0. The topological polar surface area (TPSA) is 92.3 Å². The van der Waals surface area contributed by atoms with Gasteiger partial charge in [0.25, 0.3) is 5.91 Å². The molecule has 1 amide bonds. The molecular formula is C21H25NO7. The second kappa shape index (κ2) is 10.2. The van der Waals surface area contributed by atoms with Crippen LogP contribution in [0.3, 0.4) is 0 Å². The van der Waals surface area contributed by atoms with Crippen LogP contribution in [0, 0.1) is 0 Å². The van der Waals surface area contributed by atoms with E-state index in [1.165, 1.54) is 26.4 Å². The van der Waals surface area contributed by atoms with Crippen LogP contribution in [0.2, 0.25) is 0 Å². The second-order valence-corrected chi connectivity index (χ2v) is 6.02. The first-order valence-corrected chi connectivity index (χ1v) is 8.85. The highest BCUT2D eigenvalue weighted by molar-refractivity contribution is 5.90. The quantitative estimate of drug-likeness (QED) is 0.644. The third kappa shape index (κ3) is 5.54. The van der Waals surface area contributed by atoms with E-state index < -0.39 is 12.1 Å². The summed E-state index contributed by atoms with van der Waals surface area (Å²) in [6.45, 7) is 1.92. The minimum Gasteiger partial charge on any atom is -0.493 e. The van der Waals surface area contributed by atoms with E-state index in [1.807, 2.05) is 6.07 Å². The van der Waals surface area contributed by atoms with E-state index in [-0.39, 0.29) is 5.91 Å². The van der Waals surface area contributed by atoms with E-state index in [0.717, 1.165) is 5.56 Å². The summed E-state index contributed by atoms with van der Waals surface area (Å²) in [7, 11) is 5.86. The molecule has 0 aliphatic heterocycles. The zero-order chi connectivity index (χ0) is 21.4. The smallest absolute Gasteiger partial charge is 0.337 e. The third-order valence-electron chi connectivity index (χ3n) is 4.17. The Bertz CT molecular complexity index is 866. The summed E-state index contributed by atoms with van der Waals surface area (Å²) in [5.41, 5.74) is 1.17. The van der Waals surface area contributed by atoms with Crippen LogP contribution in [0.1, 0.15) is 22.8 Å². The average molecular weight is 403 g/mol. The van der Waals surface area contributed by atoms with Crippen LogP contribution in [0.25, 0.3) is 0 Å². The second-order valence-electron chi connectivity index (χ2n) is 6.02. The highest BCUT2D eigenvalue weighted by Crippen LogP contribution is 2.30. The fraction of sp³-hybridized carbons (Fsp3) is 0.333. The Morgan fingerprint density at radius 2 is 1.48 bits per heavy atom. The summed E-state index contributed by atoms with van der Waals surface area (Å²) < 4.78 is 26.1. The van der Waals surface area contributed by atoms with Crippen molar-refractivity contribution in [3.05, 3.63) is 47.5 Å². The van der Waals surface area contributed by atoms with Gasteiger partial charge in [-0.2, -0.15) is 0 Å². The van der Waals surface area contributed by atoms with Gasteiger partial charge in [0.05, 0.1) is 34.0 Å².